The Balaban J connectivity index is 2.46. The fourth-order valence-corrected chi connectivity index (χ4v) is 2.13. The minimum absolute atomic E-state index is 0.110. The molecule has 72 valence electrons. The van der Waals surface area contributed by atoms with E-state index in [1.807, 2.05) is 0 Å². The molecule has 0 saturated heterocycles. The number of aliphatic carboxylic acids is 1. The quantitative estimate of drug-likeness (QED) is 0.827. The van der Waals surface area contributed by atoms with Crippen LogP contribution in [-0.4, -0.2) is 16.1 Å². The Bertz CT molecular complexity index is 495. The third-order valence-corrected chi connectivity index (χ3v) is 2.72. The first-order chi connectivity index (χ1) is 6.65. The second-order valence-electron chi connectivity index (χ2n) is 2.79. The van der Waals surface area contributed by atoms with Gasteiger partial charge in [-0.25, -0.2) is 9.37 Å². The lowest BCUT2D eigenvalue weighted by atomic mass is 10.3. The number of fused-ring (bicyclic) bond motifs is 1. The molecular weight excluding hydrogens is 205 g/mol. The molecule has 0 amide bonds. The van der Waals surface area contributed by atoms with E-state index in [0.717, 1.165) is 0 Å². The molecule has 1 aromatic carbocycles. The molecule has 0 aliphatic rings. The molecule has 1 N–H and O–H groups in total. The summed E-state index contributed by atoms with van der Waals surface area (Å²) in [6.07, 6.45) is -0.110. The average molecular weight is 211 g/mol. The number of aromatic nitrogens is 1. The summed E-state index contributed by atoms with van der Waals surface area (Å²) in [5.74, 6) is -1.26. The Morgan fingerprint density at radius 3 is 3.07 bits per heavy atom. The van der Waals surface area contributed by atoms with Crippen LogP contribution in [0.5, 0.6) is 0 Å². The minimum atomic E-state index is -0.926. The molecule has 0 fully saturated rings. The van der Waals surface area contributed by atoms with Crippen LogP contribution < -0.4 is 0 Å². The van der Waals surface area contributed by atoms with Crippen molar-refractivity contribution in [3.8, 4) is 0 Å². The summed E-state index contributed by atoms with van der Waals surface area (Å²) < 4.78 is 13.5. The number of halogens is 1. The zero-order chi connectivity index (χ0) is 10.1. The molecule has 5 heteroatoms. The standard InChI is InChI=1S/C9H6FNO2S/c10-5-1-2-6-7(3-5)14-8(11-6)4-9(12)13/h1-3H,4H2,(H,12,13). The van der Waals surface area contributed by atoms with Gasteiger partial charge < -0.3 is 5.11 Å². The first-order valence-corrected chi connectivity index (χ1v) is 4.73. The van der Waals surface area contributed by atoms with Gasteiger partial charge in [-0.05, 0) is 18.2 Å². The van der Waals surface area contributed by atoms with Gasteiger partial charge in [-0.3, -0.25) is 4.79 Å². The maximum atomic E-state index is 12.8. The number of thiazole rings is 1. The Labute approximate surface area is 82.8 Å². The van der Waals surface area contributed by atoms with E-state index in [9.17, 15) is 9.18 Å². The van der Waals surface area contributed by atoms with Gasteiger partial charge in [0.2, 0.25) is 0 Å². The maximum Gasteiger partial charge on any atom is 0.310 e. The van der Waals surface area contributed by atoms with Gasteiger partial charge in [0.15, 0.2) is 0 Å². The highest BCUT2D eigenvalue weighted by molar-refractivity contribution is 7.18. The summed E-state index contributed by atoms with van der Waals surface area (Å²) in [4.78, 5) is 14.5. The van der Waals surface area contributed by atoms with Crippen molar-refractivity contribution in [2.45, 2.75) is 6.42 Å². The Kier molecular flexibility index (Phi) is 2.17. The van der Waals surface area contributed by atoms with Gasteiger partial charge in [0, 0.05) is 0 Å². The molecule has 1 aromatic heterocycles. The van der Waals surface area contributed by atoms with E-state index >= 15 is 0 Å². The largest absolute Gasteiger partial charge is 0.481 e. The van der Waals surface area contributed by atoms with E-state index in [1.165, 1.54) is 23.5 Å². The fourth-order valence-electron chi connectivity index (χ4n) is 1.15. The van der Waals surface area contributed by atoms with Gasteiger partial charge in [-0.1, -0.05) is 0 Å². The fraction of sp³-hybridized carbons (Fsp3) is 0.111. The van der Waals surface area contributed by atoms with Crippen molar-refractivity contribution in [3.63, 3.8) is 0 Å². The van der Waals surface area contributed by atoms with Crippen molar-refractivity contribution in [1.29, 1.82) is 0 Å². The molecule has 2 aromatic rings. The third-order valence-electron chi connectivity index (χ3n) is 1.70. The average Bonchev–Trinajstić information content (AvgIpc) is 2.44. The lowest BCUT2D eigenvalue weighted by Gasteiger charge is -1.85. The lowest BCUT2D eigenvalue weighted by Crippen LogP contribution is -1.98. The predicted molar refractivity (Wildman–Crippen MR) is 50.9 cm³/mol. The van der Waals surface area contributed by atoms with Gasteiger partial charge in [0.1, 0.15) is 10.8 Å². The van der Waals surface area contributed by atoms with Crippen LogP contribution in [0.25, 0.3) is 10.2 Å². The topological polar surface area (TPSA) is 50.2 Å². The summed E-state index contributed by atoms with van der Waals surface area (Å²) in [5.41, 5.74) is 0.646. The van der Waals surface area contributed by atoms with Crippen molar-refractivity contribution in [1.82, 2.24) is 4.98 Å². The summed E-state index contributed by atoms with van der Waals surface area (Å²) in [6.45, 7) is 0. The SMILES string of the molecule is O=C(O)Cc1nc2ccc(F)cc2s1. The number of carbonyl (C=O) groups is 1. The van der Waals surface area contributed by atoms with Crippen molar-refractivity contribution in [2.24, 2.45) is 0 Å². The zero-order valence-corrected chi connectivity index (χ0v) is 7.84. The summed E-state index contributed by atoms with van der Waals surface area (Å²) in [7, 11) is 0. The van der Waals surface area contributed by atoms with Crippen LogP contribution in [-0.2, 0) is 11.2 Å². The monoisotopic (exact) mass is 211 g/mol. The van der Waals surface area contributed by atoms with Crippen molar-refractivity contribution in [3.05, 3.63) is 29.0 Å². The van der Waals surface area contributed by atoms with Crippen molar-refractivity contribution >= 4 is 27.5 Å². The molecule has 0 unspecified atom stereocenters. The van der Waals surface area contributed by atoms with Crippen LogP contribution in [0.15, 0.2) is 18.2 Å². The smallest absolute Gasteiger partial charge is 0.310 e. The summed E-state index contributed by atoms with van der Waals surface area (Å²) >= 11 is 1.21. The molecule has 0 bridgehead atoms. The second-order valence-corrected chi connectivity index (χ2v) is 3.91. The zero-order valence-electron chi connectivity index (χ0n) is 7.03. The molecule has 0 spiro atoms. The highest BCUT2D eigenvalue weighted by Crippen LogP contribution is 2.22. The first-order valence-electron chi connectivity index (χ1n) is 3.92. The van der Waals surface area contributed by atoms with Crippen molar-refractivity contribution in [2.75, 3.05) is 0 Å². The minimum Gasteiger partial charge on any atom is -0.481 e. The Morgan fingerprint density at radius 2 is 2.36 bits per heavy atom. The molecule has 0 saturated carbocycles. The van der Waals surface area contributed by atoms with E-state index in [2.05, 4.69) is 4.98 Å². The highest BCUT2D eigenvalue weighted by atomic mass is 32.1. The molecule has 0 atom stereocenters. The van der Waals surface area contributed by atoms with E-state index < -0.39 is 5.97 Å². The van der Waals surface area contributed by atoms with Crippen LogP contribution in [0, 0.1) is 5.82 Å². The molecular formula is C9H6FNO2S. The van der Waals surface area contributed by atoms with Crippen LogP contribution in [0.2, 0.25) is 0 Å². The van der Waals surface area contributed by atoms with Crippen LogP contribution in [0.1, 0.15) is 5.01 Å². The molecule has 3 nitrogen and oxygen atoms in total. The molecule has 0 aliphatic carbocycles. The van der Waals surface area contributed by atoms with Gasteiger partial charge in [0.05, 0.1) is 16.6 Å². The number of hydrogen-bond acceptors (Lipinski definition) is 3. The lowest BCUT2D eigenvalue weighted by molar-refractivity contribution is -0.136. The van der Waals surface area contributed by atoms with E-state index in [1.54, 1.807) is 6.07 Å². The summed E-state index contributed by atoms with van der Waals surface area (Å²) in [6, 6.07) is 4.22. The molecule has 14 heavy (non-hydrogen) atoms. The van der Waals surface area contributed by atoms with Crippen LogP contribution in [0.3, 0.4) is 0 Å². The van der Waals surface area contributed by atoms with Crippen LogP contribution >= 0.6 is 11.3 Å². The second kappa shape index (κ2) is 3.34. The normalized spacial score (nSPS) is 10.6. The number of carboxylic acids is 1. The van der Waals surface area contributed by atoms with Gasteiger partial charge in [-0.15, -0.1) is 11.3 Å². The highest BCUT2D eigenvalue weighted by Gasteiger charge is 2.07. The number of benzene rings is 1. The number of carboxylic acid groups (broad SMARTS) is 1. The molecule has 0 aliphatic heterocycles. The first kappa shape index (κ1) is 9.08. The van der Waals surface area contributed by atoms with Crippen molar-refractivity contribution < 1.29 is 14.3 Å². The predicted octanol–water partition coefficient (Wildman–Crippen LogP) is 2.06. The maximum absolute atomic E-state index is 12.8. The van der Waals surface area contributed by atoms with E-state index in [0.29, 0.717) is 15.2 Å². The van der Waals surface area contributed by atoms with Gasteiger partial charge in [0.25, 0.3) is 0 Å². The Hall–Kier alpha value is -1.49. The third kappa shape index (κ3) is 1.72. The number of nitrogens with zero attached hydrogens (tertiary/aromatic N) is 1. The summed E-state index contributed by atoms with van der Waals surface area (Å²) in [5, 5.41) is 9.04. The molecule has 1 heterocycles. The van der Waals surface area contributed by atoms with Gasteiger partial charge in [-0.2, -0.15) is 0 Å². The van der Waals surface area contributed by atoms with Crippen LogP contribution in [0.4, 0.5) is 4.39 Å². The number of rotatable bonds is 2. The van der Waals surface area contributed by atoms with E-state index in [-0.39, 0.29) is 12.2 Å². The van der Waals surface area contributed by atoms with E-state index in [4.69, 9.17) is 5.11 Å². The Morgan fingerprint density at radius 1 is 1.57 bits per heavy atom. The molecule has 2 rings (SSSR count). The van der Waals surface area contributed by atoms with Gasteiger partial charge >= 0.3 is 5.97 Å². The molecule has 0 radical (unpaired) electrons. The number of hydrogen-bond donors (Lipinski definition) is 1.